The predicted octanol–water partition coefficient (Wildman–Crippen LogP) is 1.95. The average Bonchev–Trinajstić information content (AvgIpc) is 2.98. The Morgan fingerprint density at radius 3 is 2.33 bits per heavy atom. The minimum absolute atomic E-state index is 0.0134. The number of nitrogens with zero attached hydrogens (tertiary/aromatic N) is 1. The lowest BCUT2D eigenvalue weighted by atomic mass is 10.1. The third kappa shape index (κ3) is 3.97. The summed E-state index contributed by atoms with van der Waals surface area (Å²) in [7, 11) is 1.21. The first-order valence-electron chi connectivity index (χ1n) is 7.05. The van der Waals surface area contributed by atoms with E-state index in [1.54, 1.807) is 19.1 Å². The molecule has 2 aromatic rings. The number of anilines is 1. The maximum absolute atomic E-state index is 12.2. The van der Waals surface area contributed by atoms with Crippen LogP contribution in [0.1, 0.15) is 33.3 Å². The molecule has 0 aliphatic rings. The van der Waals surface area contributed by atoms with Gasteiger partial charge >= 0.3 is 11.9 Å². The number of benzene rings is 1. The topological polar surface area (TPSA) is 108 Å². The summed E-state index contributed by atoms with van der Waals surface area (Å²) < 4.78 is 14.6. The van der Waals surface area contributed by atoms with Crippen LogP contribution in [-0.2, 0) is 14.3 Å². The third-order valence-corrected chi connectivity index (χ3v) is 3.08. The summed E-state index contributed by atoms with van der Waals surface area (Å²) in [5.74, 6) is -1.92. The maximum atomic E-state index is 12.2. The number of methoxy groups -OCH3 is 1. The van der Waals surface area contributed by atoms with Crippen molar-refractivity contribution in [1.29, 1.82) is 0 Å². The van der Waals surface area contributed by atoms with E-state index in [1.165, 1.54) is 32.2 Å². The van der Waals surface area contributed by atoms with Gasteiger partial charge in [-0.3, -0.25) is 10.1 Å². The Bertz CT molecular complexity index is 767. The van der Waals surface area contributed by atoms with Crippen molar-refractivity contribution in [2.24, 2.45) is 0 Å². The number of amides is 1. The van der Waals surface area contributed by atoms with Crippen molar-refractivity contribution in [1.82, 2.24) is 5.16 Å². The smallest absolute Gasteiger partial charge is 0.339 e. The van der Waals surface area contributed by atoms with Gasteiger partial charge in [-0.2, -0.15) is 0 Å². The molecule has 1 atom stereocenters. The largest absolute Gasteiger partial charge is 0.465 e. The summed E-state index contributed by atoms with van der Waals surface area (Å²) in [5, 5.41) is 6.06. The molecule has 0 saturated heterocycles. The molecule has 1 aromatic heterocycles. The van der Waals surface area contributed by atoms with Crippen molar-refractivity contribution >= 4 is 23.7 Å². The molecule has 1 amide bonds. The number of carbonyl (C=O) groups is 3. The molecule has 0 fully saturated rings. The van der Waals surface area contributed by atoms with Crippen LogP contribution >= 0.6 is 0 Å². The lowest BCUT2D eigenvalue weighted by Gasteiger charge is -2.13. The molecule has 1 heterocycles. The molecule has 1 aromatic carbocycles. The zero-order valence-electron chi connectivity index (χ0n) is 13.4. The molecule has 0 aliphatic heterocycles. The number of carbonyl (C=O) groups excluding carboxylic acids is 3. The number of aryl methyl sites for hydroxylation is 1. The first-order chi connectivity index (χ1) is 11.4. The Hall–Kier alpha value is -3.16. The van der Waals surface area contributed by atoms with Crippen LogP contribution in [-0.4, -0.2) is 36.2 Å². The molecular weight excluding hydrogens is 316 g/mol. The van der Waals surface area contributed by atoms with Gasteiger partial charge in [0.15, 0.2) is 6.10 Å². The van der Waals surface area contributed by atoms with Gasteiger partial charge in [0, 0.05) is 6.07 Å². The molecule has 8 heteroatoms. The van der Waals surface area contributed by atoms with Crippen LogP contribution < -0.4 is 5.32 Å². The van der Waals surface area contributed by atoms with Gasteiger partial charge in [-0.25, -0.2) is 9.59 Å². The minimum Gasteiger partial charge on any atom is -0.465 e. The highest BCUT2D eigenvalue weighted by Gasteiger charge is 2.23. The summed E-state index contributed by atoms with van der Waals surface area (Å²) in [6.45, 7) is 3.10. The van der Waals surface area contributed by atoms with Gasteiger partial charge in [0.1, 0.15) is 0 Å². The Morgan fingerprint density at radius 1 is 1.17 bits per heavy atom. The number of rotatable bonds is 5. The summed E-state index contributed by atoms with van der Waals surface area (Å²) >= 11 is 0. The molecule has 0 spiro atoms. The van der Waals surface area contributed by atoms with Crippen LogP contribution in [0.2, 0.25) is 0 Å². The maximum Gasteiger partial charge on any atom is 0.339 e. The van der Waals surface area contributed by atoms with E-state index in [0.29, 0.717) is 5.69 Å². The van der Waals surface area contributed by atoms with E-state index >= 15 is 0 Å². The highest BCUT2D eigenvalue weighted by Crippen LogP contribution is 2.14. The Balaban J connectivity index is 2.06. The first kappa shape index (κ1) is 17.2. The van der Waals surface area contributed by atoms with Crippen molar-refractivity contribution < 1.29 is 28.4 Å². The minimum atomic E-state index is -1.10. The summed E-state index contributed by atoms with van der Waals surface area (Å²) in [6, 6.07) is 7.54. The molecule has 0 bridgehead atoms. The lowest BCUT2D eigenvalue weighted by molar-refractivity contribution is -0.123. The van der Waals surface area contributed by atoms with Crippen LogP contribution in [0.15, 0.2) is 34.9 Å². The van der Waals surface area contributed by atoms with E-state index in [-0.39, 0.29) is 17.0 Å². The molecule has 1 unspecified atom stereocenters. The van der Waals surface area contributed by atoms with Crippen LogP contribution in [0.5, 0.6) is 0 Å². The Labute approximate surface area is 137 Å². The van der Waals surface area contributed by atoms with Crippen LogP contribution in [0.4, 0.5) is 5.88 Å². The van der Waals surface area contributed by atoms with Gasteiger partial charge in [-0.05, 0) is 26.0 Å². The second-order valence-electron chi connectivity index (χ2n) is 4.91. The molecule has 0 radical (unpaired) electrons. The quantitative estimate of drug-likeness (QED) is 0.834. The average molecular weight is 332 g/mol. The fourth-order valence-electron chi connectivity index (χ4n) is 1.87. The van der Waals surface area contributed by atoms with E-state index in [4.69, 9.17) is 9.26 Å². The summed E-state index contributed by atoms with van der Waals surface area (Å²) in [5.41, 5.74) is 0.671. The van der Waals surface area contributed by atoms with E-state index in [9.17, 15) is 14.4 Å². The van der Waals surface area contributed by atoms with Gasteiger partial charge in [0.05, 0.1) is 23.9 Å². The van der Waals surface area contributed by atoms with E-state index in [1.807, 2.05) is 0 Å². The first-order valence-corrected chi connectivity index (χ1v) is 7.05. The Morgan fingerprint density at radius 2 is 1.79 bits per heavy atom. The molecule has 0 aliphatic carbocycles. The molecule has 8 nitrogen and oxygen atoms in total. The van der Waals surface area contributed by atoms with Gasteiger partial charge in [0.25, 0.3) is 5.91 Å². The fourth-order valence-corrected chi connectivity index (χ4v) is 1.87. The van der Waals surface area contributed by atoms with E-state index in [0.717, 1.165) is 0 Å². The second kappa shape index (κ2) is 7.40. The number of hydrogen-bond acceptors (Lipinski definition) is 7. The van der Waals surface area contributed by atoms with Gasteiger partial charge < -0.3 is 14.0 Å². The van der Waals surface area contributed by atoms with Crippen molar-refractivity contribution in [2.45, 2.75) is 20.0 Å². The zero-order valence-corrected chi connectivity index (χ0v) is 13.4. The number of aromatic nitrogens is 1. The molecule has 0 saturated carbocycles. The Kier molecular flexibility index (Phi) is 5.31. The fraction of sp³-hybridized carbons (Fsp3) is 0.250. The number of ether oxygens (including phenoxy) is 2. The predicted molar refractivity (Wildman–Crippen MR) is 82.5 cm³/mol. The van der Waals surface area contributed by atoms with Crippen molar-refractivity contribution in [3.05, 3.63) is 47.2 Å². The standard InChI is InChI=1S/C16H16N2O6/c1-9-8-13(24-18-9)17-14(19)10(2)23-16(21)12-7-5-4-6-11(12)15(20)22-3/h4-8,10H,1-3H3,(H,17,19). The third-order valence-electron chi connectivity index (χ3n) is 3.08. The normalized spacial score (nSPS) is 11.5. The van der Waals surface area contributed by atoms with Crippen molar-refractivity contribution in [3.8, 4) is 0 Å². The zero-order chi connectivity index (χ0) is 17.7. The summed E-state index contributed by atoms with van der Waals surface area (Å²) in [6.07, 6.45) is -1.10. The van der Waals surface area contributed by atoms with Crippen LogP contribution in [0.25, 0.3) is 0 Å². The van der Waals surface area contributed by atoms with Crippen LogP contribution in [0, 0.1) is 6.92 Å². The van der Waals surface area contributed by atoms with Gasteiger partial charge in [0.2, 0.25) is 5.88 Å². The van der Waals surface area contributed by atoms with Crippen LogP contribution in [0.3, 0.4) is 0 Å². The lowest BCUT2D eigenvalue weighted by Crippen LogP contribution is -2.30. The highest BCUT2D eigenvalue weighted by atomic mass is 16.5. The van der Waals surface area contributed by atoms with Gasteiger partial charge in [-0.1, -0.05) is 17.3 Å². The number of hydrogen-bond donors (Lipinski definition) is 1. The SMILES string of the molecule is COC(=O)c1ccccc1C(=O)OC(C)C(=O)Nc1cc(C)no1. The van der Waals surface area contributed by atoms with Crippen molar-refractivity contribution in [2.75, 3.05) is 12.4 Å². The molecular formula is C16H16N2O6. The number of nitrogens with one attached hydrogen (secondary N) is 1. The summed E-state index contributed by atoms with van der Waals surface area (Å²) in [4.78, 5) is 35.9. The molecule has 1 N–H and O–H groups in total. The van der Waals surface area contributed by atoms with Crippen molar-refractivity contribution in [3.63, 3.8) is 0 Å². The molecule has 126 valence electrons. The monoisotopic (exact) mass is 332 g/mol. The van der Waals surface area contributed by atoms with E-state index in [2.05, 4.69) is 15.2 Å². The number of esters is 2. The van der Waals surface area contributed by atoms with Gasteiger partial charge in [-0.15, -0.1) is 0 Å². The van der Waals surface area contributed by atoms with E-state index < -0.39 is 23.9 Å². The molecule has 24 heavy (non-hydrogen) atoms. The highest BCUT2D eigenvalue weighted by molar-refractivity contribution is 6.04. The second-order valence-corrected chi connectivity index (χ2v) is 4.91. The molecule has 2 rings (SSSR count).